The molecule has 0 radical (unpaired) electrons. The second-order valence-electron chi connectivity index (χ2n) is 6.75. The van der Waals surface area contributed by atoms with Crippen molar-refractivity contribution in [3.8, 4) is 0 Å². The highest BCUT2D eigenvalue weighted by Gasteiger charge is 2.34. The number of hydrogen-bond donors (Lipinski definition) is 2. The second-order valence-corrected chi connectivity index (χ2v) is 7.79. The molecule has 0 saturated heterocycles. The van der Waals surface area contributed by atoms with Gasteiger partial charge in [0.15, 0.2) is 5.16 Å². The number of carbonyl (C=O) groups excluding carboxylic acids is 2. The first-order valence-corrected chi connectivity index (χ1v) is 10.1. The smallest absolute Gasteiger partial charge is 0.271 e. The fourth-order valence-corrected chi connectivity index (χ4v) is 3.85. The van der Waals surface area contributed by atoms with E-state index in [-0.39, 0.29) is 18.0 Å². The molecule has 3 aromatic rings. The summed E-state index contributed by atoms with van der Waals surface area (Å²) in [5.41, 5.74) is 7.13. The van der Waals surface area contributed by atoms with Crippen molar-refractivity contribution in [2.24, 2.45) is 17.9 Å². The van der Waals surface area contributed by atoms with Gasteiger partial charge in [-0.3, -0.25) is 14.6 Å². The highest BCUT2D eigenvalue weighted by molar-refractivity contribution is 7.99. The Labute approximate surface area is 177 Å². The van der Waals surface area contributed by atoms with E-state index in [0.29, 0.717) is 11.4 Å². The van der Waals surface area contributed by atoms with Gasteiger partial charge in [0.1, 0.15) is 11.8 Å². The van der Waals surface area contributed by atoms with E-state index in [4.69, 9.17) is 5.73 Å². The van der Waals surface area contributed by atoms with Crippen LogP contribution in [-0.2, 0) is 16.6 Å². The van der Waals surface area contributed by atoms with Gasteiger partial charge in [0.05, 0.1) is 5.69 Å². The van der Waals surface area contributed by atoms with Gasteiger partial charge in [-0.25, -0.2) is 4.98 Å². The molecule has 1 aromatic heterocycles. The summed E-state index contributed by atoms with van der Waals surface area (Å²) in [6, 6.07) is 15.9. The molecule has 9 heteroatoms. The number of aryl methyl sites for hydroxylation is 1. The van der Waals surface area contributed by atoms with Crippen LogP contribution in [0.15, 0.2) is 82.1 Å². The van der Waals surface area contributed by atoms with Gasteiger partial charge in [-0.05, 0) is 36.4 Å². The van der Waals surface area contributed by atoms with Crippen LogP contribution in [0.2, 0.25) is 0 Å². The summed E-state index contributed by atoms with van der Waals surface area (Å²) in [4.78, 5) is 29.9. The van der Waals surface area contributed by atoms with Gasteiger partial charge in [-0.2, -0.15) is 5.10 Å². The number of anilines is 2. The van der Waals surface area contributed by atoms with Crippen molar-refractivity contribution in [1.82, 2.24) is 9.55 Å². The quantitative estimate of drug-likeness (QED) is 0.638. The van der Waals surface area contributed by atoms with Gasteiger partial charge in [0, 0.05) is 36.4 Å². The Morgan fingerprint density at radius 2 is 1.87 bits per heavy atom. The molecule has 1 unspecified atom stereocenters. The molecule has 1 atom stereocenters. The number of nitrogens with zero attached hydrogens (tertiary/aromatic N) is 4. The van der Waals surface area contributed by atoms with Crippen molar-refractivity contribution in [2.75, 3.05) is 10.3 Å². The van der Waals surface area contributed by atoms with Crippen molar-refractivity contribution in [2.45, 2.75) is 22.5 Å². The summed E-state index contributed by atoms with van der Waals surface area (Å²) in [5.74, 6) is -0.884. The minimum Gasteiger partial charge on any atom is -0.368 e. The average molecular weight is 420 g/mol. The molecule has 0 aliphatic carbocycles. The number of nitrogens with two attached hydrogens (primary N) is 1. The first-order valence-electron chi connectivity index (χ1n) is 9.29. The van der Waals surface area contributed by atoms with E-state index in [1.54, 1.807) is 6.20 Å². The van der Waals surface area contributed by atoms with Crippen LogP contribution < -0.4 is 16.1 Å². The highest BCUT2D eigenvalue weighted by atomic mass is 32.2. The van der Waals surface area contributed by atoms with Crippen LogP contribution in [0.1, 0.15) is 6.42 Å². The van der Waals surface area contributed by atoms with Gasteiger partial charge >= 0.3 is 0 Å². The number of imidazole rings is 1. The molecule has 0 bridgehead atoms. The predicted molar refractivity (Wildman–Crippen MR) is 116 cm³/mol. The number of amides is 2. The number of nitrogens with one attached hydrogen (secondary N) is 1. The molecule has 0 saturated carbocycles. The lowest BCUT2D eigenvalue weighted by Crippen LogP contribution is -2.39. The molecule has 1 aliphatic rings. The van der Waals surface area contributed by atoms with Crippen LogP contribution in [-0.4, -0.2) is 33.1 Å². The van der Waals surface area contributed by atoms with E-state index in [2.05, 4.69) is 15.4 Å². The van der Waals surface area contributed by atoms with Gasteiger partial charge in [-0.15, -0.1) is 0 Å². The Balaban J connectivity index is 1.45. The lowest BCUT2D eigenvalue weighted by Gasteiger charge is -2.20. The van der Waals surface area contributed by atoms with E-state index in [0.717, 1.165) is 10.1 Å². The van der Waals surface area contributed by atoms with Crippen LogP contribution >= 0.6 is 11.8 Å². The molecule has 2 heterocycles. The van der Waals surface area contributed by atoms with Gasteiger partial charge in [0.2, 0.25) is 5.91 Å². The number of hydrazone groups is 1. The third-order valence-corrected chi connectivity index (χ3v) is 5.70. The molecular formula is C21H20N6O2S. The fourth-order valence-electron chi connectivity index (χ4n) is 3.05. The second kappa shape index (κ2) is 8.42. The maximum Gasteiger partial charge on any atom is 0.271 e. The molecule has 152 valence electrons. The Morgan fingerprint density at radius 3 is 2.50 bits per heavy atom. The molecule has 4 rings (SSSR count). The summed E-state index contributed by atoms with van der Waals surface area (Å²) in [7, 11) is 1.93. The van der Waals surface area contributed by atoms with E-state index < -0.39 is 11.9 Å². The molecule has 30 heavy (non-hydrogen) atoms. The van der Waals surface area contributed by atoms with Crippen molar-refractivity contribution in [1.29, 1.82) is 0 Å². The number of primary amides is 1. The molecule has 2 aromatic carbocycles. The first kappa shape index (κ1) is 19.7. The highest BCUT2D eigenvalue weighted by Crippen LogP contribution is 2.27. The van der Waals surface area contributed by atoms with Gasteiger partial charge in [0.25, 0.3) is 5.91 Å². The van der Waals surface area contributed by atoms with E-state index in [9.17, 15) is 9.59 Å². The zero-order valence-corrected chi connectivity index (χ0v) is 17.0. The minimum atomic E-state index is -0.690. The zero-order valence-electron chi connectivity index (χ0n) is 16.2. The van der Waals surface area contributed by atoms with Crippen LogP contribution in [0, 0.1) is 0 Å². The summed E-state index contributed by atoms with van der Waals surface area (Å²) in [6.07, 6.45) is 3.79. The lowest BCUT2D eigenvalue weighted by atomic mass is 10.1. The van der Waals surface area contributed by atoms with Crippen molar-refractivity contribution in [3.05, 3.63) is 67.0 Å². The lowest BCUT2D eigenvalue weighted by molar-refractivity contribution is -0.119. The average Bonchev–Trinajstić information content (AvgIpc) is 3.37. The number of rotatable bonds is 6. The number of hydrogen-bond acceptors (Lipinski definition) is 6. The van der Waals surface area contributed by atoms with E-state index in [1.807, 2.05) is 72.4 Å². The Morgan fingerprint density at radius 1 is 1.13 bits per heavy atom. The number of para-hydroxylation sites is 1. The Bertz CT molecular complexity index is 1090. The standard InChI is InChI=1S/C21H20N6O2S/c1-26-12-11-23-21(26)30-16-9-7-14(8-10-16)24-20(29)17-13-18(19(22)28)27(25-17)15-5-3-2-4-6-15/h2-12,18H,13H2,1H3,(H2,22,28)(H,24,29). The summed E-state index contributed by atoms with van der Waals surface area (Å²) >= 11 is 1.53. The van der Waals surface area contributed by atoms with Crippen LogP contribution in [0.3, 0.4) is 0 Å². The Kier molecular flexibility index (Phi) is 5.53. The van der Waals surface area contributed by atoms with Crippen LogP contribution in [0.25, 0.3) is 0 Å². The summed E-state index contributed by atoms with van der Waals surface area (Å²) in [5, 5.41) is 9.57. The van der Waals surface area contributed by atoms with Crippen LogP contribution in [0.4, 0.5) is 11.4 Å². The van der Waals surface area contributed by atoms with Gasteiger partial charge < -0.3 is 15.6 Å². The SMILES string of the molecule is Cn1ccnc1Sc1ccc(NC(=O)C2=NN(c3ccccc3)C(C(N)=O)C2)cc1. The third kappa shape index (κ3) is 4.20. The predicted octanol–water partition coefficient (Wildman–Crippen LogP) is 2.63. The minimum absolute atomic E-state index is 0.156. The number of carbonyl (C=O) groups is 2. The summed E-state index contributed by atoms with van der Waals surface area (Å²) in [6.45, 7) is 0. The molecule has 0 spiro atoms. The molecule has 2 amide bonds. The molecule has 1 aliphatic heterocycles. The van der Waals surface area contributed by atoms with Crippen molar-refractivity contribution in [3.63, 3.8) is 0 Å². The third-order valence-electron chi connectivity index (χ3n) is 4.62. The zero-order chi connectivity index (χ0) is 21.1. The summed E-state index contributed by atoms with van der Waals surface area (Å²) < 4.78 is 1.94. The topological polar surface area (TPSA) is 106 Å². The normalized spacial score (nSPS) is 15.7. The Hall–Kier alpha value is -3.59. The largest absolute Gasteiger partial charge is 0.368 e. The monoisotopic (exact) mass is 420 g/mol. The molecule has 0 fully saturated rings. The number of aromatic nitrogens is 2. The molecule has 3 N–H and O–H groups in total. The molecule has 8 nitrogen and oxygen atoms in total. The maximum absolute atomic E-state index is 12.7. The fraction of sp³-hybridized carbons (Fsp3) is 0.143. The van der Waals surface area contributed by atoms with Crippen molar-refractivity contribution < 1.29 is 9.59 Å². The van der Waals surface area contributed by atoms with E-state index >= 15 is 0 Å². The van der Waals surface area contributed by atoms with Crippen molar-refractivity contribution >= 4 is 40.7 Å². The van der Waals surface area contributed by atoms with Gasteiger partial charge in [-0.1, -0.05) is 30.0 Å². The maximum atomic E-state index is 12.7. The van der Waals surface area contributed by atoms with Crippen LogP contribution in [0.5, 0.6) is 0 Å². The van der Waals surface area contributed by atoms with E-state index in [1.165, 1.54) is 16.8 Å². The first-order chi connectivity index (χ1) is 14.5. The molecular weight excluding hydrogens is 400 g/mol. The number of benzene rings is 2.